The highest BCUT2D eigenvalue weighted by Crippen LogP contribution is 2.19. The van der Waals surface area contributed by atoms with Crippen LogP contribution in [0.4, 0.5) is 0 Å². The van der Waals surface area contributed by atoms with Crippen molar-refractivity contribution in [3.05, 3.63) is 23.0 Å². The van der Waals surface area contributed by atoms with E-state index in [1.807, 2.05) is 20.9 Å². The highest BCUT2D eigenvalue weighted by Gasteiger charge is 2.32. The number of carboxylic acids is 1. The van der Waals surface area contributed by atoms with E-state index < -0.39 is 12.0 Å². The maximum absolute atomic E-state index is 12.1. The van der Waals surface area contributed by atoms with Crippen LogP contribution in [0, 0.1) is 13.8 Å². The number of aryl methyl sites for hydroxylation is 2. The van der Waals surface area contributed by atoms with Gasteiger partial charge in [-0.15, -0.1) is 0 Å². The second kappa shape index (κ2) is 5.48. The van der Waals surface area contributed by atoms with Crippen molar-refractivity contribution < 1.29 is 14.7 Å². The first-order valence-corrected chi connectivity index (χ1v) is 6.63. The number of carboxylic acid groups (broad SMARTS) is 1. The van der Waals surface area contributed by atoms with Gasteiger partial charge in [0.05, 0.1) is 5.69 Å². The van der Waals surface area contributed by atoms with E-state index in [1.165, 1.54) is 11.0 Å². The van der Waals surface area contributed by atoms with Gasteiger partial charge in [0.15, 0.2) is 0 Å². The van der Waals surface area contributed by atoms with Crippen LogP contribution in [0.25, 0.3) is 6.08 Å². The van der Waals surface area contributed by atoms with Crippen LogP contribution in [0.2, 0.25) is 0 Å². The van der Waals surface area contributed by atoms with Gasteiger partial charge in [-0.2, -0.15) is 5.10 Å². The summed E-state index contributed by atoms with van der Waals surface area (Å²) >= 11 is 0. The molecule has 0 radical (unpaired) electrons. The first kappa shape index (κ1) is 14.3. The minimum absolute atomic E-state index is 0.252. The van der Waals surface area contributed by atoms with Gasteiger partial charge in [-0.1, -0.05) is 0 Å². The molecule has 0 spiro atoms. The third-order valence-electron chi connectivity index (χ3n) is 3.78. The van der Waals surface area contributed by atoms with Gasteiger partial charge in [0.1, 0.15) is 6.04 Å². The molecule has 0 unspecified atom stereocenters. The fourth-order valence-corrected chi connectivity index (χ4v) is 2.57. The van der Waals surface area contributed by atoms with Gasteiger partial charge in [-0.3, -0.25) is 9.48 Å². The molecule has 0 aromatic carbocycles. The molecule has 108 valence electrons. The van der Waals surface area contributed by atoms with Gasteiger partial charge in [0.2, 0.25) is 5.91 Å². The molecule has 1 aliphatic heterocycles. The number of aromatic nitrogens is 2. The van der Waals surface area contributed by atoms with Crippen LogP contribution in [0.3, 0.4) is 0 Å². The van der Waals surface area contributed by atoms with Crippen molar-refractivity contribution in [3.8, 4) is 0 Å². The topological polar surface area (TPSA) is 75.4 Å². The van der Waals surface area contributed by atoms with Crippen molar-refractivity contribution in [2.45, 2.75) is 32.7 Å². The Morgan fingerprint density at radius 2 is 2.10 bits per heavy atom. The highest BCUT2D eigenvalue weighted by atomic mass is 16.4. The lowest BCUT2D eigenvalue weighted by atomic mass is 10.1. The molecule has 1 N–H and O–H groups in total. The molecule has 1 fully saturated rings. The number of rotatable bonds is 3. The Morgan fingerprint density at radius 1 is 1.40 bits per heavy atom. The largest absolute Gasteiger partial charge is 0.480 e. The maximum atomic E-state index is 12.1. The molecule has 1 atom stereocenters. The van der Waals surface area contributed by atoms with Crippen molar-refractivity contribution in [2.75, 3.05) is 6.54 Å². The maximum Gasteiger partial charge on any atom is 0.326 e. The van der Waals surface area contributed by atoms with Crippen LogP contribution >= 0.6 is 0 Å². The molecule has 1 amide bonds. The second-order valence-electron chi connectivity index (χ2n) is 5.07. The lowest BCUT2D eigenvalue weighted by Crippen LogP contribution is -2.39. The second-order valence-corrected chi connectivity index (χ2v) is 5.07. The average Bonchev–Trinajstić information content (AvgIpc) is 2.95. The summed E-state index contributed by atoms with van der Waals surface area (Å²) in [6.07, 6.45) is 4.43. The Bertz CT molecular complexity index is 574. The van der Waals surface area contributed by atoms with Crippen LogP contribution in [0.15, 0.2) is 6.08 Å². The summed E-state index contributed by atoms with van der Waals surface area (Å²) in [4.78, 5) is 24.6. The summed E-state index contributed by atoms with van der Waals surface area (Å²) in [7, 11) is 1.85. The number of carbonyl (C=O) groups is 2. The number of hydrogen-bond donors (Lipinski definition) is 1. The van der Waals surface area contributed by atoms with E-state index in [2.05, 4.69) is 5.10 Å². The van der Waals surface area contributed by atoms with Crippen LogP contribution in [-0.4, -0.2) is 44.3 Å². The summed E-state index contributed by atoms with van der Waals surface area (Å²) in [6, 6.07) is -0.691. The average molecular weight is 277 g/mol. The number of amides is 1. The summed E-state index contributed by atoms with van der Waals surface area (Å²) in [5.41, 5.74) is 2.74. The lowest BCUT2D eigenvalue weighted by Gasteiger charge is -2.19. The summed E-state index contributed by atoms with van der Waals surface area (Å²) in [6.45, 7) is 4.32. The molecule has 0 aliphatic carbocycles. The Balaban J connectivity index is 2.15. The fraction of sp³-hybridized carbons (Fsp3) is 0.500. The molecule has 1 aromatic rings. The van der Waals surface area contributed by atoms with Crippen LogP contribution in [-0.2, 0) is 16.6 Å². The Hall–Kier alpha value is -2.11. The summed E-state index contributed by atoms with van der Waals surface area (Å²) in [5.74, 6) is -1.18. The van der Waals surface area contributed by atoms with E-state index in [0.717, 1.165) is 23.4 Å². The van der Waals surface area contributed by atoms with Crippen molar-refractivity contribution >= 4 is 18.0 Å². The zero-order chi connectivity index (χ0) is 14.9. The minimum Gasteiger partial charge on any atom is -0.480 e. The monoisotopic (exact) mass is 277 g/mol. The Labute approximate surface area is 117 Å². The van der Waals surface area contributed by atoms with E-state index in [0.29, 0.717) is 13.0 Å². The minimum atomic E-state index is -0.932. The number of hydrogen-bond acceptors (Lipinski definition) is 3. The zero-order valence-electron chi connectivity index (χ0n) is 12.0. The van der Waals surface area contributed by atoms with Crippen molar-refractivity contribution in [3.63, 3.8) is 0 Å². The SMILES string of the molecule is Cc1nn(C)c(C)c1/C=C/C(=O)N1CCC[C@H]1C(=O)O. The lowest BCUT2D eigenvalue weighted by molar-refractivity contribution is -0.146. The van der Waals surface area contributed by atoms with E-state index >= 15 is 0 Å². The molecular formula is C14H19N3O3. The molecule has 1 saturated heterocycles. The molecule has 1 aliphatic rings. The fourth-order valence-electron chi connectivity index (χ4n) is 2.57. The quantitative estimate of drug-likeness (QED) is 0.840. The molecular weight excluding hydrogens is 258 g/mol. The van der Waals surface area contributed by atoms with Gasteiger partial charge in [-0.25, -0.2) is 4.79 Å². The number of carbonyl (C=O) groups excluding carboxylic acids is 1. The van der Waals surface area contributed by atoms with Gasteiger partial charge in [0, 0.05) is 30.9 Å². The third kappa shape index (κ3) is 2.59. The van der Waals surface area contributed by atoms with E-state index in [-0.39, 0.29) is 5.91 Å². The molecule has 2 heterocycles. The number of likely N-dealkylation sites (tertiary alicyclic amines) is 1. The number of aliphatic carboxylic acids is 1. The standard InChI is InChI=1S/C14H19N3O3/c1-9-11(10(2)16(3)15-9)6-7-13(18)17-8-4-5-12(17)14(19)20/h6-7,12H,4-5,8H2,1-3H3,(H,19,20)/b7-6+/t12-/m0/s1. The van der Waals surface area contributed by atoms with Crippen LogP contribution < -0.4 is 0 Å². The molecule has 2 rings (SSSR count). The van der Waals surface area contributed by atoms with Gasteiger partial charge in [0.25, 0.3) is 0 Å². The molecule has 1 aromatic heterocycles. The zero-order valence-corrected chi connectivity index (χ0v) is 12.0. The van der Waals surface area contributed by atoms with Crippen molar-refractivity contribution in [1.29, 1.82) is 0 Å². The van der Waals surface area contributed by atoms with Gasteiger partial charge in [-0.05, 0) is 32.8 Å². The normalized spacial score (nSPS) is 18.9. The molecule has 20 heavy (non-hydrogen) atoms. The molecule has 0 bridgehead atoms. The van der Waals surface area contributed by atoms with E-state index in [9.17, 15) is 9.59 Å². The molecule has 0 saturated carbocycles. The number of nitrogens with zero attached hydrogens (tertiary/aromatic N) is 3. The Morgan fingerprint density at radius 3 is 2.65 bits per heavy atom. The van der Waals surface area contributed by atoms with Gasteiger partial charge >= 0.3 is 5.97 Å². The summed E-state index contributed by atoms with van der Waals surface area (Å²) < 4.78 is 1.76. The van der Waals surface area contributed by atoms with E-state index in [1.54, 1.807) is 10.8 Å². The first-order chi connectivity index (χ1) is 9.41. The molecule has 6 nitrogen and oxygen atoms in total. The van der Waals surface area contributed by atoms with Crippen molar-refractivity contribution in [1.82, 2.24) is 14.7 Å². The van der Waals surface area contributed by atoms with Gasteiger partial charge < -0.3 is 10.0 Å². The summed E-state index contributed by atoms with van der Waals surface area (Å²) in [5, 5.41) is 13.4. The van der Waals surface area contributed by atoms with E-state index in [4.69, 9.17) is 5.11 Å². The van der Waals surface area contributed by atoms with Crippen LogP contribution in [0.1, 0.15) is 29.8 Å². The smallest absolute Gasteiger partial charge is 0.326 e. The highest BCUT2D eigenvalue weighted by molar-refractivity contribution is 5.95. The predicted molar refractivity (Wildman–Crippen MR) is 74.1 cm³/mol. The first-order valence-electron chi connectivity index (χ1n) is 6.63. The Kier molecular flexibility index (Phi) is 3.92. The van der Waals surface area contributed by atoms with Crippen LogP contribution in [0.5, 0.6) is 0 Å². The predicted octanol–water partition coefficient (Wildman–Crippen LogP) is 1.13. The third-order valence-corrected chi connectivity index (χ3v) is 3.78. The molecule has 6 heteroatoms. The van der Waals surface area contributed by atoms with Crippen molar-refractivity contribution in [2.24, 2.45) is 7.05 Å².